The van der Waals surface area contributed by atoms with E-state index in [1.807, 2.05) is 18.2 Å². The maximum Gasteiger partial charge on any atom is 0.262 e. The predicted molar refractivity (Wildman–Crippen MR) is 79.7 cm³/mol. The summed E-state index contributed by atoms with van der Waals surface area (Å²) in [6.07, 6.45) is 0.560. The van der Waals surface area contributed by atoms with Crippen molar-refractivity contribution in [2.45, 2.75) is 6.42 Å². The molecule has 0 aliphatic carbocycles. The molecule has 0 spiro atoms. The number of halogens is 1. The van der Waals surface area contributed by atoms with E-state index in [4.69, 9.17) is 10.5 Å². The van der Waals surface area contributed by atoms with E-state index in [0.717, 1.165) is 5.56 Å². The van der Waals surface area contributed by atoms with Gasteiger partial charge in [0.2, 0.25) is 0 Å². The lowest BCUT2D eigenvalue weighted by molar-refractivity contribution is -0.118. The summed E-state index contributed by atoms with van der Waals surface area (Å²) in [5.74, 6) is -0.382. The lowest BCUT2D eigenvalue weighted by Gasteiger charge is -2.09. The first kappa shape index (κ1) is 15.0. The van der Waals surface area contributed by atoms with Gasteiger partial charge in [0.1, 0.15) is 11.6 Å². The number of nitrogens with one attached hydrogen (secondary N) is 1. The van der Waals surface area contributed by atoms with Gasteiger partial charge in [-0.1, -0.05) is 18.2 Å². The highest BCUT2D eigenvalue weighted by atomic mass is 19.1. The standard InChI is InChI=1S/C16H17FN2O2/c17-13-8-12(6-7-18)9-15(10-13)21-11-16(20)19-14-4-2-1-3-5-14/h1-5,8-10H,6-7,11,18H2,(H,19,20). The zero-order valence-electron chi connectivity index (χ0n) is 11.5. The van der Waals surface area contributed by atoms with Crippen LogP contribution in [0.1, 0.15) is 5.56 Å². The molecule has 0 fully saturated rings. The zero-order valence-corrected chi connectivity index (χ0v) is 11.5. The van der Waals surface area contributed by atoms with E-state index in [1.54, 1.807) is 18.2 Å². The summed E-state index contributed by atoms with van der Waals surface area (Å²) in [6.45, 7) is 0.248. The molecule has 3 N–H and O–H groups in total. The second-order valence-corrected chi connectivity index (χ2v) is 4.54. The largest absolute Gasteiger partial charge is 0.484 e. The number of ether oxygens (including phenoxy) is 1. The number of hydrogen-bond acceptors (Lipinski definition) is 3. The van der Waals surface area contributed by atoms with Crippen molar-refractivity contribution in [3.8, 4) is 5.75 Å². The van der Waals surface area contributed by atoms with Crippen molar-refractivity contribution in [3.05, 3.63) is 59.9 Å². The van der Waals surface area contributed by atoms with E-state index in [-0.39, 0.29) is 12.5 Å². The first-order valence-corrected chi connectivity index (χ1v) is 6.64. The zero-order chi connectivity index (χ0) is 15.1. The highest BCUT2D eigenvalue weighted by Gasteiger charge is 2.06. The van der Waals surface area contributed by atoms with Gasteiger partial charge in [-0.05, 0) is 42.8 Å². The normalized spacial score (nSPS) is 10.2. The monoisotopic (exact) mass is 288 g/mol. The van der Waals surface area contributed by atoms with Crippen molar-refractivity contribution in [1.29, 1.82) is 0 Å². The Kier molecular flexibility index (Phi) is 5.29. The number of para-hydroxylation sites is 1. The number of amides is 1. The van der Waals surface area contributed by atoms with E-state index >= 15 is 0 Å². The van der Waals surface area contributed by atoms with Crippen molar-refractivity contribution in [3.63, 3.8) is 0 Å². The van der Waals surface area contributed by atoms with Crippen LogP contribution in [0.5, 0.6) is 5.75 Å². The van der Waals surface area contributed by atoms with E-state index in [9.17, 15) is 9.18 Å². The number of rotatable bonds is 6. The van der Waals surface area contributed by atoms with Crippen LogP contribution in [0.2, 0.25) is 0 Å². The Labute approximate surface area is 122 Å². The summed E-state index contributed by atoms with van der Waals surface area (Å²) in [4.78, 5) is 11.7. The van der Waals surface area contributed by atoms with Crippen LogP contribution < -0.4 is 15.8 Å². The van der Waals surface area contributed by atoms with Crippen molar-refractivity contribution < 1.29 is 13.9 Å². The Balaban J connectivity index is 1.92. The molecule has 0 bridgehead atoms. The molecule has 2 aromatic carbocycles. The minimum absolute atomic E-state index is 0.180. The van der Waals surface area contributed by atoms with E-state index in [2.05, 4.69) is 5.32 Å². The number of benzene rings is 2. The molecule has 5 heteroatoms. The molecule has 0 atom stereocenters. The molecule has 2 rings (SSSR count). The Morgan fingerprint density at radius 3 is 2.67 bits per heavy atom. The highest BCUT2D eigenvalue weighted by molar-refractivity contribution is 5.91. The lowest BCUT2D eigenvalue weighted by Crippen LogP contribution is -2.20. The molecule has 2 aromatic rings. The first-order chi connectivity index (χ1) is 10.2. The van der Waals surface area contributed by atoms with Gasteiger partial charge in [-0.2, -0.15) is 0 Å². The van der Waals surface area contributed by atoms with Crippen molar-refractivity contribution in [1.82, 2.24) is 0 Å². The second kappa shape index (κ2) is 7.40. The summed E-state index contributed by atoms with van der Waals surface area (Å²) < 4.78 is 18.7. The maximum atomic E-state index is 13.4. The summed E-state index contributed by atoms with van der Waals surface area (Å²) >= 11 is 0. The topological polar surface area (TPSA) is 64.3 Å². The molecular weight excluding hydrogens is 271 g/mol. The van der Waals surface area contributed by atoms with E-state index in [1.165, 1.54) is 12.1 Å². The van der Waals surface area contributed by atoms with Gasteiger partial charge >= 0.3 is 0 Å². The van der Waals surface area contributed by atoms with Gasteiger partial charge in [-0.15, -0.1) is 0 Å². The van der Waals surface area contributed by atoms with Crippen LogP contribution in [-0.4, -0.2) is 19.1 Å². The first-order valence-electron chi connectivity index (χ1n) is 6.64. The lowest BCUT2D eigenvalue weighted by atomic mass is 10.1. The average Bonchev–Trinajstić information content (AvgIpc) is 2.46. The summed E-state index contributed by atoms with van der Waals surface area (Å²) in [5.41, 5.74) is 6.88. The molecule has 21 heavy (non-hydrogen) atoms. The van der Waals surface area contributed by atoms with Crippen LogP contribution in [0.15, 0.2) is 48.5 Å². The molecule has 1 amide bonds. The van der Waals surface area contributed by atoms with Crippen LogP contribution in [0.25, 0.3) is 0 Å². The molecule has 110 valence electrons. The van der Waals surface area contributed by atoms with Crippen LogP contribution >= 0.6 is 0 Å². The SMILES string of the molecule is NCCc1cc(F)cc(OCC(=O)Nc2ccccc2)c1. The Morgan fingerprint density at radius 1 is 1.19 bits per heavy atom. The van der Waals surface area contributed by atoms with Crippen molar-refractivity contribution >= 4 is 11.6 Å². The molecule has 0 unspecified atom stereocenters. The quantitative estimate of drug-likeness (QED) is 0.857. The van der Waals surface area contributed by atoms with Crippen LogP contribution in [-0.2, 0) is 11.2 Å². The molecular formula is C16H17FN2O2. The highest BCUT2D eigenvalue weighted by Crippen LogP contribution is 2.17. The second-order valence-electron chi connectivity index (χ2n) is 4.54. The van der Waals surface area contributed by atoms with Gasteiger partial charge in [0.25, 0.3) is 5.91 Å². The van der Waals surface area contributed by atoms with Crippen molar-refractivity contribution in [2.24, 2.45) is 5.73 Å². The van der Waals surface area contributed by atoms with Gasteiger partial charge in [-0.3, -0.25) is 4.79 Å². The fourth-order valence-electron chi connectivity index (χ4n) is 1.88. The molecule has 0 aliphatic rings. The third-order valence-electron chi connectivity index (χ3n) is 2.79. The van der Waals surface area contributed by atoms with Gasteiger partial charge in [0, 0.05) is 11.8 Å². The average molecular weight is 288 g/mol. The minimum atomic E-state index is -0.403. The third-order valence-corrected chi connectivity index (χ3v) is 2.79. The predicted octanol–water partition coefficient (Wildman–Crippen LogP) is 2.34. The van der Waals surface area contributed by atoms with Crippen LogP contribution in [0.4, 0.5) is 10.1 Å². The maximum absolute atomic E-state index is 13.4. The van der Waals surface area contributed by atoms with Crippen molar-refractivity contribution in [2.75, 3.05) is 18.5 Å². The number of carbonyl (C=O) groups excluding carboxylic acids is 1. The fourth-order valence-corrected chi connectivity index (χ4v) is 1.88. The van der Waals surface area contributed by atoms with Gasteiger partial charge in [0.05, 0.1) is 0 Å². The smallest absolute Gasteiger partial charge is 0.262 e. The molecule has 4 nitrogen and oxygen atoms in total. The summed E-state index contributed by atoms with van der Waals surface area (Å²) in [5, 5.41) is 2.69. The molecule has 0 radical (unpaired) electrons. The summed E-state index contributed by atoms with van der Waals surface area (Å²) in [6, 6.07) is 13.4. The van der Waals surface area contributed by atoms with Gasteiger partial charge in [0.15, 0.2) is 6.61 Å². The Morgan fingerprint density at radius 2 is 1.95 bits per heavy atom. The van der Waals surface area contributed by atoms with Gasteiger partial charge < -0.3 is 15.8 Å². The minimum Gasteiger partial charge on any atom is -0.484 e. The van der Waals surface area contributed by atoms with Gasteiger partial charge in [-0.25, -0.2) is 4.39 Å². The number of anilines is 1. The number of hydrogen-bond donors (Lipinski definition) is 2. The number of nitrogens with two attached hydrogens (primary N) is 1. The molecule has 0 aliphatic heterocycles. The van der Waals surface area contributed by atoms with Crippen LogP contribution in [0, 0.1) is 5.82 Å². The molecule has 0 saturated carbocycles. The fraction of sp³-hybridized carbons (Fsp3) is 0.188. The molecule has 0 aromatic heterocycles. The van der Waals surface area contributed by atoms with E-state index < -0.39 is 5.82 Å². The molecule has 0 saturated heterocycles. The van der Waals surface area contributed by atoms with Crippen LogP contribution in [0.3, 0.4) is 0 Å². The van der Waals surface area contributed by atoms with E-state index in [0.29, 0.717) is 24.4 Å². The molecule has 0 heterocycles. The number of carbonyl (C=O) groups is 1. The Hall–Kier alpha value is -2.40. The summed E-state index contributed by atoms with van der Waals surface area (Å²) in [7, 11) is 0. The Bertz CT molecular complexity index is 602. The third kappa shape index (κ3) is 4.89.